The summed E-state index contributed by atoms with van der Waals surface area (Å²) in [6.07, 6.45) is 2.94. The lowest BCUT2D eigenvalue weighted by molar-refractivity contribution is 0.0950. The summed E-state index contributed by atoms with van der Waals surface area (Å²) in [5.74, 6) is 0.130. The molecular weight excluding hydrogens is 371 g/mol. The number of amides is 1. The molecule has 0 saturated carbocycles. The normalized spacial score (nSPS) is 10.4. The van der Waals surface area contributed by atoms with E-state index in [4.69, 9.17) is 23.2 Å². The van der Waals surface area contributed by atoms with Crippen molar-refractivity contribution in [2.24, 2.45) is 0 Å². The Bertz CT molecular complexity index is 912. The summed E-state index contributed by atoms with van der Waals surface area (Å²) in [6.45, 7) is 2.47. The molecule has 1 aromatic heterocycles. The highest BCUT2D eigenvalue weighted by Crippen LogP contribution is 2.26. The van der Waals surface area contributed by atoms with Crippen LogP contribution in [0.25, 0.3) is 0 Å². The van der Waals surface area contributed by atoms with Gasteiger partial charge in [-0.25, -0.2) is 9.97 Å². The summed E-state index contributed by atoms with van der Waals surface area (Å²) in [6, 6.07) is 13.1. The van der Waals surface area contributed by atoms with Crippen LogP contribution in [0, 0.1) is 6.92 Å². The first-order valence-corrected chi connectivity index (χ1v) is 8.65. The highest BCUT2D eigenvalue weighted by Gasteiger charge is 2.08. The first-order valence-electron chi connectivity index (χ1n) is 7.89. The second-order valence-corrected chi connectivity index (χ2v) is 6.53. The van der Waals surface area contributed by atoms with Crippen molar-refractivity contribution in [3.63, 3.8) is 0 Å². The molecule has 0 aliphatic heterocycles. The van der Waals surface area contributed by atoms with Gasteiger partial charge in [-0.1, -0.05) is 53.0 Å². The molecule has 0 radical (unpaired) electrons. The van der Waals surface area contributed by atoms with Gasteiger partial charge >= 0.3 is 0 Å². The molecule has 0 saturated heterocycles. The molecule has 0 atom stereocenters. The fraction of sp³-hybridized carbons (Fsp3) is 0.105. The van der Waals surface area contributed by atoms with Gasteiger partial charge in [-0.05, 0) is 30.7 Å². The summed E-state index contributed by atoms with van der Waals surface area (Å²) in [5, 5.41) is 6.76. The third kappa shape index (κ3) is 4.71. The molecule has 3 aromatic rings. The molecule has 0 fully saturated rings. The Hall–Kier alpha value is -2.63. The lowest BCUT2D eigenvalue weighted by atomic mass is 10.1. The number of carbonyl (C=O) groups is 1. The van der Waals surface area contributed by atoms with Crippen LogP contribution >= 0.6 is 23.2 Å². The number of carbonyl (C=O) groups excluding carboxylic acids is 1. The van der Waals surface area contributed by atoms with Crippen molar-refractivity contribution in [2.45, 2.75) is 13.5 Å². The van der Waals surface area contributed by atoms with Gasteiger partial charge < -0.3 is 10.6 Å². The zero-order valence-electron chi connectivity index (χ0n) is 14.0. The SMILES string of the molecule is Cc1ccc(CNC(=O)c2cnc(Nc3ccc(Cl)c(Cl)c3)nc2)cc1. The molecule has 0 unspecified atom stereocenters. The standard InChI is InChI=1S/C19H16Cl2N4O/c1-12-2-4-13(5-3-12)9-22-18(26)14-10-23-19(24-11-14)25-15-6-7-16(20)17(21)8-15/h2-8,10-11H,9H2,1H3,(H,22,26)(H,23,24,25). The van der Waals surface area contributed by atoms with Gasteiger partial charge in [-0.2, -0.15) is 0 Å². The topological polar surface area (TPSA) is 66.9 Å². The summed E-state index contributed by atoms with van der Waals surface area (Å²) in [7, 11) is 0. The van der Waals surface area contributed by atoms with Crippen molar-refractivity contribution in [2.75, 3.05) is 5.32 Å². The number of aryl methyl sites for hydroxylation is 1. The Morgan fingerprint density at radius 2 is 1.69 bits per heavy atom. The molecule has 1 heterocycles. The van der Waals surface area contributed by atoms with Gasteiger partial charge in [-0.15, -0.1) is 0 Å². The summed E-state index contributed by atoms with van der Waals surface area (Å²) < 4.78 is 0. The van der Waals surface area contributed by atoms with Crippen molar-refractivity contribution < 1.29 is 4.79 Å². The molecular formula is C19H16Cl2N4O. The number of hydrogen-bond acceptors (Lipinski definition) is 4. The third-order valence-electron chi connectivity index (χ3n) is 3.66. The van der Waals surface area contributed by atoms with Crippen molar-refractivity contribution >= 4 is 40.7 Å². The molecule has 0 aliphatic carbocycles. The van der Waals surface area contributed by atoms with Crippen LogP contribution in [-0.2, 0) is 6.54 Å². The van der Waals surface area contributed by atoms with Crippen LogP contribution in [0.2, 0.25) is 10.0 Å². The molecule has 0 aliphatic rings. The van der Waals surface area contributed by atoms with Gasteiger partial charge in [0.15, 0.2) is 0 Å². The van der Waals surface area contributed by atoms with E-state index in [1.165, 1.54) is 18.0 Å². The lowest BCUT2D eigenvalue weighted by Crippen LogP contribution is -2.23. The number of nitrogens with one attached hydrogen (secondary N) is 2. The third-order valence-corrected chi connectivity index (χ3v) is 4.40. The van der Waals surface area contributed by atoms with Gasteiger partial charge in [0.2, 0.25) is 5.95 Å². The fourth-order valence-corrected chi connectivity index (χ4v) is 2.50. The van der Waals surface area contributed by atoms with Crippen molar-refractivity contribution in [3.8, 4) is 0 Å². The van der Waals surface area contributed by atoms with E-state index < -0.39 is 0 Å². The molecule has 2 N–H and O–H groups in total. The Balaban J connectivity index is 1.60. The molecule has 0 bridgehead atoms. The molecule has 3 rings (SSSR count). The Morgan fingerprint density at radius 1 is 1.00 bits per heavy atom. The predicted octanol–water partition coefficient (Wildman–Crippen LogP) is 4.77. The van der Waals surface area contributed by atoms with Crippen molar-refractivity contribution in [3.05, 3.63) is 81.6 Å². The number of nitrogens with zero attached hydrogens (tertiary/aromatic N) is 2. The zero-order valence-corrected chi connectivity index (χ0v) is 15.5. The maximum absolute atomic E-state index is 12.2. The molecule has 132 valence electrons. The van der Waals surface area contributed by atoms with E-state index >= 15 is 0 Å². The average Bonchev–Trinajstić information content (AvgIpc) is 2.65. The maximum atomic E-state index is 12.2. The highest BCUT2D eigenvalue weighted by atomic mass is 35.5. The summed E-state index contributed by atoms with van der Waals surface area (Å²) >= 11 is 11.9. The number of rotatable bonds is 5. The van der Waals surface area contributed by atoms with E-state index in [0.717, 1.165) is 5.56 Å². The van der Waals surface area contributed by atoms with Crippen molar-refractivity contribution in [1.82, 2.24) is 15.3 Å². The van der Waals surface area contributed by atoms with E-state index in [1.807, 2.05) is 31.2 Å². The Kier molecular flexibility index (Phi) is 5.71. The minimum atomic E-state index is -0.230. The number of anilines is 2. The summed E-state index contributed by atoms with van der Waals surface area (Å²) in [4.78, 5) is 20.5. The zero-order chi connectivity index (χ0) is 18.5. The lowest BCUT2D eigenvalue weighted by Gasteiger charge is -2.08. The molecule has 7 heteroatoms. The number of hydrogen-bond donors (Lipinski definition) is 2. The van der Waals surface area contributed by atoms with Crippen LogP contribution in [0.15, 0.2) is 54.9 Å². The van der Waals surface area contributed by atoms with Crippen LogP contribution in [-0.4, -0.2) is 15.9 Å². The molecule has 0 spiro atoms. The van der Waals surface area contributed by atoms with Crippen LogP contribution in [0.4, 0.5) is 11.6 Å². The van der Waals surface area contributed by atoms with E-state index in [2.05, 4.69) is 20.6 Å². The molecule has 1 amide bonds. The van der Waals surface area contributed by atoms with Gasteiger partial charge in [0.05, 0.1) is 15.6 Å². The summed E-state index contributed by atoms with van der Waals surface area (Å²) in [5.41, 5.74) is 3.30. The largest absolute Gasteiger partial charge is 0.348 e. The maximum Gasteiger partial charge on any atom is 0.254 e. The second-order valence-electron chi connectivity index (χ2n) is 5.72. The predicted molar refractivity (Wildman–Crippen MR) is 104 cm³/mol. The minimum Gasteiger partial charge on any atom is -0.348 e. The van der Waals surface area contributed by atoms with Crippen LogP contribution < -0.4 is 10.6 Å². The van der Waals surface area contributed by atoms with Gasteiger partial charge in [0.25, 0.3) is 5.91 Å². The number of aromatic nitrogens is 2. The fourth-order valence-electron chi connectivity index (χ4n) is 2.20. The molecule has 26 heavy (non-hydrogen) atoms. The van der Waals surface area contributed by atoms with Crippen molar-refractivity contribution in [1.29, 1.82) is 0 Å². The number of halogens is 2. The average molecular weight is 387 g/mol. The van der Waals surface area contributed by atoms with E-state index in [0.29, 0.717) is 33.8 Å². The van der Waals surface area contributed by atoms with Crippen LogP contribution in [0.1, 0.15) is 21.5 Å². The van der Waals surface area contributed by atoms with Gasteiger partial charge in [0.1, 0.15) is 0 Å². The molecule has 5 nitrogen and oxygen atoms in total. The Morgan fingerprint density at radius 3 is 2.35 bits per heavy atom. The smallest absolute Gasteiger partial charge is 0.254 e. The van der Waals surface area contributed by atoms with Crippen LogP contribution in [0.3, 0.4) is 0 Å². The minimum absolute atomic E-state index is 0.230. The van der Waals surface area contributed by atoms with E-state index in [-0.39, 0.29) is 5.91 Å². The first-order chi connectivity index (χ1) is 12.5. The second kappa shape index (κ2) is 8.17. The number of benzene rings is 2. The molecule has 2 aromatic carbocycles. The van der Waals surface area contributed by atoms with Gasteiger partial charge in [-0.3, -0.25) is 4.79 Å². The quantitative estimate of drug-likeness (QED) is 0.662. The van der Waals surface area contributed by atoms with Crippen LogP contribution in [0.5, 0.6) is 0 Å². The van der Waals surface area contributed by atoms with E-state index in [9.17, 15) is 4.79 Å². The Labute approximate surface area is 161 Å². The van der Waals surface area contributed by atoms with E-state index in [1.54, 1.807) is 18.2 Å². The first kappa shape index (κ1) is 18.2. The highest BCUT2D eigenvalue weighted by molar-refractivity contribution is 6.42. The monoisotopic (exact) mass is 386 g/mol. The van der Waals surface area contributed by atoms with Gasteiger partial charge in [0, 0.05) is 24.6 Å².